The maximum atomic E-state index is 13.0. The molecule has 0 fully saturated rings. The second-order valence-electron chi connectivity index (χ2n) is 6.13. The second-order valence-corrected chi connectivity index (χ2v) is 9.06. The molecule has 0 spiro atoms. The van der Waals surface area contributed by atoms with Gasteiger partial charge in [-0.3, -0.25) is 4.72 Å². The Morgan fingerprint density at radius 2 is 1.57 bits per heavy atom. The van der Waals surface area contributed by atoms with Crippen LogP contribution in [0.4, 0.5) is 5.69 Å². The van der Waals surface area contributed by atoms with Crippen molar-refractivity contribution in [3.63, 3.8) is 0 Å². The monoisotopic (exact) mass is 450 g/mol. The number of fused-ring (bicyclic) bond motifs is 1. The maximum Gasteiger partial charge on any atom is 0.262 e. The molecule has 0 bridgehead atoms. The topological polar surface area (TPSA) is 62.0 Å². The molecule has 0 aliphatic heterocycles. The van der Waals surface area contributed by atoms with Gasteiger partial charge in [-0.25, -0.2) is 8.42 Å². The Bertz CT molecular complexity index is 1290. The summed E-state index contributed by atoms with van der Waals surface area (Å²) in [6.07, 6.45) is 1.56. The lowest BCUT2D eigenvalue weighted by atomic mass is 10.1. The summed E-state index contributed by atoms with van der Waals surface area (Å²) in [7, 11) is -3.90. The van der Waals surface area contributed by atoms with E-state index in [-0.39, 0.29) is 4.90 Å². The molecule has 4 nitrogen and oxygen atoms in total. The lowest BCUT2D eigenvalue weighted by Gasteiger charge is -2.12. The van der Waals surface area contributed by atoms with Crippen LogP contribution in [0.1, 0.15) is 0 Å². The van der Waals surface area contributed by atoms with E-state index >= 15 is 0 Å². The van der Waals surface area contributed by atoms with Gasteiger partial charge in [-0.05, 0) is 41.5 Å². The van der Waals surface area contributed by atoms with Crippen LogP contribution in [0.5, 0.6) is 0 Å². The molecule has 0 aliphatic rings. The van der Waals surface area contributed by atoms with Gasteiger partial charge in [-0.2, -0.15) is 0 Å². The average molecular weight is 452 g/mol. The van der Waals surface area contributed by atoms with Crippen molar-refractivity contribution in [2.24, 2.45) is 0 Å². The summed E-state index contributed by atoms with van der Waals surface area (Å²) >= 11 is 18.5. The molecule has 1 heterocycles. The van der Waals surface area contributed by atoms with E-state index in [9.17, 15) is 8.42 Å². The highest BCUT2D eigenvalue weighted by Crippen LogP contribution is 2.36. The minimum absolute atomic E-state index is 0.0552. The number of aromatic amines is 1. The van der Waals surface area contributed by atoms with Gasteiger partial charge >= 0.3 is 0 Å². The number of hydrogen-bond acceptors (Lipinski definition) is 2. The van der Waals surface area contributed by atoms with Crippen LogP contribution in [0.2, 0.25) is 15.1 Å². The van der Waals surface area contributed by atoms with Gasteiger partial charge in [0.25, 0.3) is 10.0 Å². The molecule has 4 rings (SSSR count). The Morgan fingerprint density at radius 1 is 0.821 bits per heavy atom. The number of rotatable bonds is 4. The van der Waals surface area contributed by atoms with Crippen LogP contribution in [0.25, 0.3) is 22.0 Å². The van der Waals surface area contributed by atoms with Crippen LogP contribution in [0, 0.1) is 0 Å². The molecule has 2 N–H and O–H groups in total. The Kier molecular flexibility index (Phi) is 5.02. The first-order valence-electron chi connectivity index (χ1n) is 8.19. The summed E-state index contributed by atoms with van der Waals surface area (Å²) < 4.78 is 28.6. The molecule has 0 atom stereocenters. The van der Waals surface area contributed by atoms with E-state index in [0.717, 1.165) is 5.56 Å². The second kappa shape index (κ2) is 7.33. The number of nitrogens with one attached hydrogen (secondary N) is 2. The molecule has 4 aromatic rings. The first-order valence-corrected chi connectivity index (χ1v) is 10.8. The van der Waals surface area contributed by atoms with Crippen LogP contribution < -0.4 is 4.72 Å². The van der Waals surface area contributed by atoms with Crippen molar-refractivity contribution in [2.75, 3.05) is 4.72 Å². The normalized spacial score (nSPS) is 11.7. The average Bonchev–Trinajstić information content (AvgIpc) is 3.07. The number of H-pyrrole nitrogens is 1. The minimum atomic E-state index is -3.90. The zero-order valence-electron chi connectivity index (χ0n) is 14.2. The number of sulfonamides is 1. The third kappa shape index (κ3) is 3.59. The quantitative estimate of drug-likeness (QED) is 0.367. The van der Waals surface area contributed by atoms with E-state index in [2.05, 4.69) is 9.71 Å². The number of aromatic nitrogens is 1. The van der Waals surface area contributed by atoms with E-state index in [1.165, 1.54) is 6.07 Å². The molecule has 3 aromatic carbocycles. The first-order chi connectivity index (χ1) is 13.3. The minimum Gasteiger partial charge on any atom is -0.358 e. The Morgan fingerprint density at radius 3 is 2.32 bits per heavy atom. The molecule has 0 saturated carbocycles. The third-order valence-electron chi connectivity index (χ3n) is 4.27. The largest absolute Gasteiger partial charge is 0.358 e. The smallest absolute Gasteiger partial charge is 0.262 e. The van der Waals surface area contributed by atoms with E-state index in [1.54, 1.807) is 30.5 Å². The van der Waals surface area contributed by atoms with Crippen molar-refractivity contribution in [3.8, 4) is 11.1 Å². The Balaban J connectivity index is 1.78. The molecule has 0 amide bonds. The predicted octanol–water partition coefficient (Wildman–Crippen LogP) is 6.60. The number of hydrogen-bond donors (Lipinski definition) is 2. The van der Waals surface area contributed by atoms with Crippen LogP contribution in [-0.2, 0) is 10.0 Å². The van der Waals surface area contributed by atoms with Gasteiger partial charge in [-0.1, -0.05) is 65.1 Å². The van der Waals surface area contributed by atoms with Gasteiger partial charge in [0.1, 0.15) is 0 Å². The zero-order valence-corrected chi connectivity index (χ0v) is 17.3. The summed E-state index contributed by atoms with van der Waals surface area (Å²) in [6.45, 7) is 0. The van der Waals surface area contributed by atoms with Gasteiger partial charge in [0.15, 0.2) is 0 Å². The van der Waals surface area contributed by atoms with Crippen LogP contribution in [-0.4, -0.2) is 13.4 Å². The van der Waals surface area contributed by atoms with Gasteiger partial charge < -0.3 is 4.98 Å². The van der Waals surface area contributed by atoms with Crippen molar-refractivity contribution in [3.05, 3.63) is 81.9 Å². The lowest BCUT2D eigenvalue weighted by Crippen LogP contribution is -2.13. The third-order valence-corrected chi connectivity index (χ3v) is 6.45. The maximum absolute atomic E-state index is 13.0. The Labute approximate surface area is 177 Å². The molecule has 0 radical (unpaired) electrons. The highest BCUT2D eigenvalue weighted by Gasteiger charge is 2.19. The van der Waals surface area contributed by atoms with Crippen molar-refractivity contribution in [1.82, 2.24) is 4.98 Å². The highest BCUT2D eigenvalue weighted by atomic mass is 35.5. The van der Waals surface area contributed by atoms with E-state index in [1.807, 2.05) is 30.3 Å². The lowest BCUT2D eigenvalue weighted by molar-refractivity contribution is 0.601. The predicted molar refractivity (Wildman–Crippen MR) is 116 cm³/mol. The van der Waals surface area contributed by atoms with Gasteiger partial charge in [-0.15, -0.1) is 0 Å². The fraction of sp³-hybridized carbons (Fsp3) is 0. The summed E-state index contributed by atoms with van der Waals surface area (Å²) in [5.74, 6) is 0. The molecule has 0 aliphatic carbocycles. The van der Waals surface area contributed by atoms with Crippen molar-refractivity contribution >= 4 is 61.4 Å². The van der Waals surface area contributed by atoms with Gasteiger partial charge in [0.05, 0.1) is 26.1 Å². The summed E-state index contributed by atoms with van der Waals surface area (Å²) in [5.41, 5.74) is 2.42. The van der Waals surface area contributed by atoms with E-state index in [0.29, 0.717) is 37.2 Å². The van der Waals surface area contributed by atoms with Crippen molar-refractivity contribution in [1.29, 1.82) is 0 Å². The first kappa shape index (κ1) is 19.2. The van der Waals surface area contributed by atoms with Gasteiger partial charge in [0.2, 0.25) is 0 Å². The number of benzene rings is 3. The molecule has 8 heteroatoms. The zero-order chi connectivity index (χ0) is 19.9. The van der Waals surface area contributed by atoms with Gasteiger partial charge in [0, 0.05) is 16.6 Å². The summed E-state index contributed by atoms with van der Waals surface area (Å²) in [5, 5.41) is 1.72. The molecular weight excluding hydrogens is 439 g/mol. The van der Waals surface area contributed by atoms with Crippen LogP contribution in [0.15, 0.2) is 71.8 Å². The van der Waals surface area contributed by atoms with Crippen molar-refractivity contribution in [2.45, 2.75) is 4.90 Å². The van der Waals surface area contributed by atoms with E-state index < -0.39 is 10.0 Å². The summed E-state index contributed by atoms with van der Waals surface area (Å²) in [6, 6.07) is 17.3. The number of halogens is 3. The molecule has 1 aromatic heterocycles. The summed E-state index contributed by atoms with van der Waals surface area (Å²) in [4.78, 5) is 3.01. The molecule has 0 saturated heterocycles. The van der Waals surface area contributed by atoms with Crippen LogP contribution in [0.3, 0.4) is 0 Å². The molecule has 142 valence electrons. The molecular formula is C20H13Cl3N2O2S. The highest BCUT2D eigenvalue weighted by molar-refractivity contribution is 7.92. The fourth-order valence-electron chi connectivity index (χ4n) is 2.97. The Hall–Kier alpha value is -2.18. The van der Waals surface area contributed by atoms with E-state index in [4.69, 9.17) is 34.8 Å². The van der Waals surface area contributed by atoms with Crippen molar-refractivity contribution < 1.29 is 8.42 Å². The SMILES string of the molecule is O=S(=O)(Nc1ccc(Cl)c2c(Cl)c[nH]c12)c1cc(Cl)cc(-c2ccccc2)c1. The number of anilines is 1. The fourth-order valence-corrected chi connectivity index (χ4v) is 4.97. The standard InChI is InChI=1S/C20H13Cl3N2O2S/c21-14-8-13(12-4-2-1-3-5-12)9-15(10-14)28(26,27)25-18-7-6-16(22)19-17(23)11-24-20(18)19/h1-11,24-25H. The molecule has 0 unspecified atom stereocenters. The molecule has 28 heavy (non-hydrogen) atoms. The van der Waals surface area contributed by atoms with Crippen LogP contribution >= 0.6 is 34.8 Å².